The van der Waals surface area contributed by atoms with Crippen LogP contribution in [0.15, 0.2) is 76.6 Å². The second-order valence-corrected chi connectivity index (χ2v) is 12.3. The van der Waals surface area contributed by atoms with Crippen LogP contribution < -0.4 is 0 Å². The molecule has 2 bridgehead atoms. The lowest BCUT2D eigenvalue weighted by Gasteiger charge is -2.60. The summed E-state index contributed by atoms with van der Waals surface area (Å²) in [6.45, 7) is 16.1. The van der Waals surface area contributed by atoms with E-state index in [-0.39, 0.29) is 35.4 Å². The van der Waals surface area contributed by atoms with Gasteiger partial charge in [-0.15, -0.1) is 0 Å². The quantitative estimate of drug-likeness (QED) is 0.189. The number of carbonyl (C=O) groups excluding carboxylic acids is 3. The summed E-state index contributed by atoms with van der Waals surface area (Å²) in [5.41, 5.74) is 0.442. The normalized spacial score (nSPS) is 26.0. The lowest BCUT2D eigenvalue weighted by molar-refractivity contribution is -0.164. The van der Waals surface area contributed by atoms with Crippen molar-refractivity contribution >= 4 is 17.3 Å². The number of benzene rings is 1. The lowest BCUT2D eigenvalue weighted by Crippen LogP contribution is -2.68. The van der Waals surface area contributed by atoms with E-state index in [2.05, 4.69) is 19.9 Å². The van der Waals surface area contributed by atoms with Crippen molar-refractivity contribution in [3.63, 3.8) is 0 Å². The van der Waals surface area contributed by atoms with Gasteiger partial charge >= 0.3 is 0 Å². The van der Waals surface area contributed by atoms with Crippen molar-refractivity contribution in [1.29, 1.82) is 0 Å². The summed E-state index contributed by atoms with van der Waals surface area (Å²) >= 11 is 0. The van der Waals surface area contributed by atoms with Gasteiger partial charge in [0.15, 0.2) is 22.8 Å². The molecule has 2 aliphatic rings. The third-order valence-electron chi connectivity index (χ3n) is 8.65. The average Bonchev–Trinajstić information content (AvgIpc) is 2.85. The summed E-state index contributed by atoms with van der Waals surface area (Å²) in [6.07, 6.45) is 7.83. The smallest absolute Gasteiger partial charge is 0.184 e. The Bertz CT molecular complexity index is 1230. The maximum atomic E-state index is 15.0. The van der Waals surface area contributed by atoms with Gasteiger partial charge in [0.05, 0.1) is 12.5 Å². The molecule has 4 heteroatoms. The molecule has 3 atom stereocenters. The molecule has 1 fully saturated rings. The Morgan fingerprint density at radius 3 is 2.03 bits per heavy atom. The van der Waals surface area contributed by atoms with E-state index < -0.39 is 16.2 Å². The molecule has 0 spiro atoms. The van der Waals surface area contributed by atoms with Gasteiger partial charge in [-0.3, -0.25) is 14.4 Å². The highest BCUT2D eigenvalue weighted by atomic mass is 16.5. The first kappa shape index (κ1) is 29.5. The number of rotatable bonds is 9. The van der Waals surface area contributed by atoms with E-state index >= 15 is 4.79 Å². The molecule has 38 heavy (non-hydrogen) atoms. The standard InChI is InChI=1S/C34H44O4/c1-22(2)15-17-26-21-33(20-19-24(5)6)29(36)27(18-16-23(3)4)30(38-9)34(31(33)37,32(26,7)8)28(35)25-13-11-10-12-14-25/h10-16,19,26H,17-18,20-21H2,1-9H3. The first-order valence-corrected chi connectivity index (χ1v) is 13.6. The molecule has 3 rings (SSSR count). The summed E-state index contributed by atoms with van der Waals surface area (Å²) < 4.78 is 6.05. The van der Waals surface area contributed by atoms with Gasteiger partial charge < -0.3 is 4.74 Å². The molecule has 3 unspecified atom stereocenters. The summed E-state index contributed by atoms with van der Waals surface area (Å²) in [7, 11) is 1.50. The molecule has 204 valence electrons. The van der Waals surface area contributed by atoms with Gasteiger partial charge in [-0.2, -0.15) is 0 Å². The molecule has 0 aromatic heterocycles. The van der Waals surface area contributed by atoms with Gasteiger partial charge in [0, 0.05) is 11.1 Å². The van der Waals surface area contributed by atoms with Crippen molar-refractivity contribution in [2.75, 3.05) is 7.11 Å². The average molecular weight is 517 g/mol. The number of ether oxygens (including phenoxy) is 1. The van der Waals surface area contributed by atoms with Gasteiger partial charge in [0.2, 0.25) is 0 Å². The molecule has 4 nitrogen and oxygen atoms in total. The second kappa shape index (κ2) is 11.0. The number of allylic oxidation sites excluding steroid dienone is 8. The van der Waals surface area contributed by atoms with E-state index in [0.717, 1.165) is 11.1 Å². The molecular weight excluding hydrogens is 472 g/mol. The molecule has 1 aromatic rings. The predicted molar refractivity (Wildman–Crippen MR) is 154 cm³/mol. The zero-order chi connectivity index (χ0) is 28.5. The van der Waals surface area contributed by atoms with Crippen LogP contribution in [0, 0.1) is 22.2 Å². The van der Waals surface area contributed by atoms with Gasteiger partial charge in [-0.1, -0.05) is 79.1 Å². The molecule has 0 N–H and O–H groups in total. The Balaban J connectivity index is 2.51. The molecule has 1 aromatic carbocycles. The van der Waals surface area contributed by atoms with Crippen molar-refractivity contribution in [3.05, 3.63) is 82.2 Å². The largest absolute Gasteiger partial charge is 0.499 e. The maximum absolute atomic E-state index is 15.0. The molecule has 2 aliphatic carbocycles. The third-order valence-corrected chi connectivity index (χ3v) is 8.65. The van der Waals surface area contributed by atoms with Gasteiger partial charge in [-0.05, 0) is 78.6 Å². The van der Waals surface area contributed by atoms with Gasteiger partial charge in [-0.25, -0.2) is 0 Å². The van der Waals surface area contributed by atoms with Crippen LogP contribution in [-0.4, -0.2) is 24.5 Å². The zero-order valence-corrected chi connectivity index (χ0v) is 24.7. The Morgan fingerprint density at radius 2 is 1.50 bits per heavy atom. The van der Waals surface area contributed by atoms with Crippen molar-refractivity contribution in [1.82, 2.24) is 0 Å². The van der Waals surface area contributed by atoms with Gasteiger partial charge in [0.1, 0.15) is 5.76 Å². The SMILES string of the molecule is COC1=C(CC=C(C)C)C(=O)C2(CC=C(C)C)CC(CC=C(C)C)C(C)(C)C1(C(=O)c1ccccc1)C2=O. The fourth-order valence-electron chi connectivity index (χ4n) is 6.41. The third kappa shape index (κ3) is 4.67. The van der Waals surface area contributed by atoms with E-state index in [1.807, 2.05) is 71.9 Å². The minimum absolute atomic E-state index is 0.0903. The fraction of sp³-hybridized carbons (Fsp3) is 0.500. The van der Waals surface area contributed by atoms with E-state index in [9.17, 15) is 9.59 Å². The molecule has 0 radical (unpaired) electrons. The van der Waals surface area contributed by atoms with Crippen molar-refractivity contribution < 1.29 is 19.1 Å². The molecule has 0 amide bonds. The highest BCUT2D eigenvalue weighted by Gasteiger charge is 2.74. The maximum Gasteiger partial charge on any atom is 0.184 e. The topological polar surface area (TPSA) is 60.4 Å². The Hall–Kier alpha value is -3.01. The number of Topliss-reactive ketones (excluding diaryl/α,β-unsaturated/α-hetero) is 3. The van der Waals surface area contributed by atoms with E-state index in [0.29, 0.717) is 30.4 Å². The van der Waals surface area contributed by atoms with Crippen LogP contribution >= 0.6 is 0 Å². The molecule has 1 saturated carbocycles. The first-order valence-electron chi connectivity index (χ1n) is 13.6. The summed E-state index contributed by atoms with van der Waals surface area (Å²) in [5.74, 6) is -0.636. The fourth-order valence-corrected chi connectivity index (χ4v) is 6.41. The monoisotopic (exact) mass is 516 g/mol. The van der Waals surface area contributed by atoms with Crippen LogP contribution in [0.3, 0.4) is 0 Å². The van der Waals surface area contributed by atoms with E-state index in [1.54, 1.807) is 12.1 Å². The number of ketones is 3. The molecule has 0 aliphatic heterocycles. The number of methoxy groups -OCH3 is 1. The first-order chi connectivity index (χ1) is 17.8. The highest BCUT2D eigenvalue weighted by Crippen LogP contribution is 2.67. The highest BCUT2D eigenvalue weighted by molar-refractivity contribution is 6.30. The minimum atomic E-state index is -1.62. The van der Waals surface area contributed by atoms with Crippen LogP contribution in [0.2, 0.25) is 0 Å². The summed E-state index contributed by atoms with van der Waals surface area (Å²) in [4.78, 5) is 44.3. The number of hydrogen-bond acceptors (Lipinski definition) is 4. The van der Waals surface area contributed by atoms with Crippen molar-refractivity contribution in [3.8, 4) is 0 Å². The molecule has 0 heterocycles. The molecule has 0 saturated heterocycles. The Morgan fingerprint density at radius 1 is 0.921 bits per heavy atom. The van der Waals surface area contributed by atoms with E-state index in [4.69, 9.17) is 4.74 Å². The Kier molecular flexibility index (Phi) is 8.55. The Labute approximate surface area is 228 Å². The van der Waals surface area contributed by atoms with Crippen LogP contribution in [-0.2, 0) is 14.3 Å². The summed E-state index contributed by atoms with van der Waals surface area (Å²) in [6, 6.07) is 9.01. The predicted octanol–water partition coefficient (Wildman–Crippen LogP) is 8.01. The van der Waals surface area contributed by atoms with Crippen LogP contribution in [0.4, 0.5) is 0 Å². The van der Waals surface area contributed by atoms with Crippen LogP contribution in [0.1, 0.15) is 91.4 Å². The van der Waals surface area contributed by atoms with Crippen molar-refractivity contribution in [2.24, 2.45) is 22.2 Å². The number of hydrogen-bond donors (Lipinski definition) is 0. The van der Waals surface area contributed by atoms with Gasteiger partial charge in [0.25, 0.3) is 0 Å². The summed E-state index contributed by atoms with van der Waals surface area (Å²) in [5, 5.41) is 0. The minimum Gasteiger partial charge on any atom is -0.499 e. The number of fused-ring (bicyclic) bond motifs is 2. The van der Waals surface area contributed by atoms with Crippen LogP contribution in [0.5, 0.6) is 0 Å². The van der Waals surface area contributed by atoms with E-state index in [1.165, 1.54) is 12.7 Å². The lowest BCUT2D eigenvalue weighted by atomic mass is 9.39. The van der Waals surface area contributed by atoms with Crippen LogP contribution in [0.25, 0.3) is 0 Å². The number of carbonyl (C=O) groups is 3. The zero-order valence-electron chi connectivity index (χ0n) is 24.7. The van der Waals surface area contributed by atoms with Crippen molar-refractivity contribution in [2.45, 2.75) is 81.1 Å². The molecular formula is C34H44O4. The second-order valence-electron chi connectivity index (χ2n) is 12.3.